The van der Waals surface area contributed by atoms with Crippen LogP contribution in [0.5, 0.6) is 11.5 Å². The van der Waals surface area contributed by atoms with Crippen LogP contribution >= 0.6 is 39.9 Å². The molecule has 0 aromatic heterocycles. The molecule has 0 atom stereocenters. The van der Waals surface area contributed by atoms with Crippen LogP contribution in [0, 0.1) is 0 Å². The summed E-state index contributed by atoms with van der Waals surface area (Å²) in [6.07, 6.45) is 2.11. The fourth-order valence-electron chi connectivity index (χ4n) is 2.30. The van der Waals surface area contributed by atoms with E-state index < -0.39 is 0 Å². The Labute approximate surface area is 175 Å². The van der Waals surface area contributed by atoms with E-state index in [9.17, 15) is 0 Å². The Balaban J connectivity index is 0.00000312. The van der Waals surface area contributed by atoms with Crippen LogP contribution < -0.4 is 20.1 Å². The Bertz CT molecular complexity index is 558. The quantitative estimate of drug-likeness (QED) is 0.222. The molecule has 2 rings (SSSR count). The largest absolute Gasteiger partial charge is 0.454 e. The summed E-state index contributed by atoms with van der Waals surface area (Å²) in [5.41, 5.74) is 1.07. The molecule has 0 amide bonds. The van der Waals surface area contributed by atoms with E-state index >= 15 is 0 Å². The number of ether oxygens (including phenoxy) is 3. The molecule has 1 aliphatic rings. The van der Waals surface area contributed by atoms with Gasteiger partial charge in [-0.25, -0.2) is 4.99 Å². The van der Waals surface area contributed by atoms with Crippen LogP contribution in [0.25, 0.3) is 0 Å². The van der Waals surface area contributed by atoms with E-state index in [0.29, 0.717) is 6.54 Å². The van der Waals surface area contributed by atoms with E-state index in [4.69, 9.17) is 14.2 Å². The lowest BCUT2D eigenvalue weighted by atomic mass is 10.2. The number of unbranched alkanes of at least 4 members (excludes halogenated alkanes) is 1. The van der Waals surface area contributed by atoms with Crippen molar-refractivity contribution in [3.63, 3.8) is 0 Å². The Kier molecular flexibility index (Phi) is 11.2. The summed E-state index contributed by atoms with van der Waals surface area (Å²) in [4.78, 5) is 4.63. The molecule has 25 heavy (non-hydrogen) atoms. The molecule has 0 bridgehead atoms. The smallest absolute Gasteiger partial charge is 0.231 e. The van der Waals surface area contributed by atoms with Crippen LogP contribution in [-0.4, -0.2) is 39.1 Å². The molecule has 1 heterocycles. The summed E-state index contributed by atoms with van der Waals surface area (Å²) in [5, 5.41) is 6.61. The summed E-state index contributed by atoms with van der Waals surface area (Å²) in [6, 6.07) is 3.99. The van der Waals surface area contributed by atoms with Crippen molar-refractivity contribution < 1.29 is 14.2 Å². The van der Waals surface area contributed by atoms with Gasteiger partial charge in [-0.1, -0.05) is 0 Å². The Morgan fingerprint density at radius 3 is 2.84 bits per heavy atom. The number of rotatable bonds is 9. The summed E-state index contributed by atoms with van der Waals surface area (Å²) < 4.78 is 17.1. The fourth-order valence-corrected chi connectivity index (χ4v) is 2.91. The van der Waals surface area contributed by atoms with Gasteiger partial charge in [0.1, 0.15) is 0 Å². The third-order valence-electron chi connectivity index (χ3n) is 3.46. The number of halogens is 2. The highest BCUT2D eigenvalue weighted by atomic mass is 127. The van der Waals surface area contributed by atoms with Gasteiger partial charge in [0, 0.05) is 26.3 Å². The van der Waals surface area contributed by atoms with Crippen LogP contribution in [0.2, 0.25) is 0 Å². The number of hydrogen-bond acceptors (Lipinski definition) is 4. The van der Waals surface area contributed by atoms with Gasteiger partial charge in [-0.3, -0.25) is 0 Å². The highest BCUT2D eigenvalue weighted by Crippen LogP contribution is 2.40. The van der Waals surface area contributed by atoms with Gasteiger partial charge in [0.05, 0.1) is 11.0 Å². The maximum Gasteiger partial charge on any atom is 0.231 e. The van der Waals surface area contributed by atoms with E-state index in [1.165, 1.54) is 0 Å². The minimum atomic E-state index is 0. The molecule has 0 spiro atoms. The molecule has 2 N–H and O–H groups in total. The van der Waals surface area contributed by atoms with Gasteiger partial charge in [-0.05, 0) is 60.3 Å². The topological polar surface area (TPSA) is 64.1 Å². The Morgan fingerprint density at radius 2 is 2.08 bits per heavy atom. The molecule has 6 nitrogen and oxygen atoms in total. The van der Waals surface area contributed by atoms with Gasteiger partial charge >= 0.3 is 0 Å². The van der Waals surface area contributed by atoms with Crippen LogP contribution in [0.3, 0.4) is 0 Å². The zero-order valence-corrected chi connectivity index (χ0v) is 18.7. The van der Waals surface area contributed by atoms with Crippen molar-refractivity contribution in [1.29, 1.82) is 0 Å². The van der Waals surface area contributed by atoms with Crippen LogP contribution in [0.1, 0.15) is 32.3 Å². The first-order valence-corrected chi connectivity index (χ1v) is 9.21. The Morgan fingerprint density at radius 1 is 1.24 bits per heavy atom. The molecule has 0 unspecified atom stereocenters. The molecule has 1 aromatic carbocycles. The first-order valence-electron chi connectivity index (χ1n) is 8.42. The number of nitrogens with zero attached hydrogens (tertiary/aromatic N) is 1. The summed E-state index contributed by atoms with van der Waals surface area (Å²) in [6.45, 7) is 8.22. The second-order valence-electron chi connectivity index (χ2n) is 5.34. The maximum atomic E-state index is 5.44. The van der Waals surface area contributed by atoms with Gasteiger partial charge in [-0.15, -0.1) is 24.0 Å². The number of guanidine groups is 1. The molecule has 1 aliphatic heterocycles. The van der Waals surface area contributed by atoms with Crippen molar-refractivity contribution in [2.45, 2.75) is 33.2 Å². The van der Waals surface area contributed by atoms with Gasteiger partial charge in [0.25, 0.3) is 0 Å². The summed E-state index contributed by atoms with van der Waals surface area (Å²) in [7, 11) is 0. The zero-order chi connectivity index (χ0) is 17.2. The lowest BCUT2D eigenvalue weighted by molar-refractivity contribution is 0.143. The van der Waals surface area contributed by atoms with E-state index in [2.05, 4.69) is 38.5 Å². The van der Waals surface area contributed by atoms with Gasteiger partial charge in [0.2, 0.25) is 6.79 Å². The van der Waals surface area contributed by atoms with Crippen molar-refractivity contribution in [1.82, 2.24) is 10.6 Å². The van der Waals surface area contributed by atoms with Crippen LogP contribution in [-0.2, 0) is 11.3 Å². The lowest BCUT2D eigenvalue weighted by Gasteiger charge is -2.11. The van der Waals surface area contributed by atoms with Crippen molar-refractivity contribution in [3.05, 3.63) is 22.2 Å². The second kappa shape index (κ2) is 12.6. The lowest BCUT2D eigenvalue weighted by Crippen LogP contribution is -2.37. The molecule has 1 aromatic rings. The predicted octanol–water partition coefficient (Wildman–Crippen LogP) is 3.67. The number of hydrogen-bond donors (Lipinski definition) is 2. The predicted molar refractivity (Wildman–Crippen MR) is 114 cm³/mol. The summed E-state index contributed by atoms with van der Waals surface area (Å²) in [5.74, 6) is 2.35. The molecule has 0 saturated heterocycles. The molecule has 0 saturated carbocycles. The second-order valence-corrected chi connectivity index (χ2v) is 6.19. The van der Waals surface area contributed by atoms with Crippen LogP contribution in [0.15, 0.2) is 21.6 Å². The minimum absolute atomic E-state index is 0. The first-order chi connectivity index (χ1) is 11.7. The van der Waals surface area contributed by atoms with E-state index in [0.717, 1.165) is 66.6 Å². The van der Waals surface area contributed by atoms with E-state index in [1.54, 1.807) is 0 Å². The molecule has 142 valence electrons. The highest BCUT2D eigenvalue weighted by molar-refractivity contribution is 14.0. The van der Waals surface area contributed by atoms with Gasteiger partial charge in [-0.2, -0.15) is 0 Å². The van der Waals surface area contributed by atoms with Crippen molar-refractivity contribution in [2.24, 2.45) is 4.99 Å². The molecular formula is C17H27BrIN3O3. The third-order valence-corrected chi connectivity index (χ3v) is 4.05. The SMILES string of the molecule is CCNC(=NCc1cc(Br)c2c(c1)OCO2)NCCCCOCC.I. The standard InChI is InChI=1S/C17H26BrN3O3.HI/c1-3-19-17(20-7-5-6-8-22-4-2)21-11-13-9-14(18)16-15(10-13)23-12-24-16;/h9-10H,3-8,11-12H2,1-2H3,(H2,19,20,21);1H. The number of aliphatic imine (C=N–C) groups is 1. The van der Waals surface area contributed by atoms with Crippen LogP contribution in [0.4, 0.5) is 0 Å². The van der Waals surface area contributed by atoms with E-state index in [-0.39, 0.29) is 30.8 Å². The van der Waals surface area contributed by atoms with Crippen molar-refractivity contribution >= 4 is 45.9 Å². The van der Waals surface area contributed by atoms with Gasteiger partial charge < -0.3 is 24.8 Å². The minimum Gasteiger partial charge on any atom is -0.454 e. The molecule has 0 radical (unpaired) electrons. The monoisotopic (exact) mass is 527 g/mol. The third kappa shape index (κ3) is 7.57. The number of benzene rings is 1. The maximum absolute atomic E-state index is 5.44. The Hall–Kier alpha value is -0.740. The molecule has 0 aliphatic carbocycles. The summed E-state index contributed by atoms with van der Waals surface area (Å²) >= 11 is 3.51. The van der Waals surface area contributed by atoms with E-state index in [1.807, 2.05) is 19.1 Å². The molecule has 8 heteroatoms. The molecular weight excluding hydrogens is 501 g/mol. The van der Waals surface area contributed by atoms with Crippen molar-refractivity contribution in [3.8, 4) is 11.5 Å². The zero-order valence-electron chi connectivity index (χ0n) is 14.8. The van der Waals surface area contributed by atoms with Crippen molar-refractivity contribution in [2.75, 3.05) is 33.1 Å². The number of nitrogens with one attached hydrogen (secondary N) is 2. The average Bonchev–Trinajstić information content (AvgIpc) is 3.05. The first kappa shape index (κ1) is 22.3. The van der Waals surface area contributed by atoms with Gasteiger partial charge in [0.15, 0.2) is 17.5 Å². The molecule has 0 fully saturated rings. The highest BCUT2D eigenvalue weighted by Gasteiger charge is 2.17. The fraction of sp³-hybridized carbons (Fsp3) is 0.588. The number of fused-ring (bicyclic) bond motifs is 1. The average molecular weight is 528 g/mol. The normalized spacial score (nSPS) is 12.7.